The summed E-state index contributed by atoms with van der Waals surface area (Å²) in [5, 5.41) is 16.8. The standard InChI is InChI=1S/C10H12N4O3S/c1-7-4-8(14-17-7)13-10(16)6-18-5-9(15)12-3-2-11/h4H,3,5-6H2,1H3,(H,12,15)(H,13,14,16). The highest BCUT2D eigenvalue weighted by Crippen LogP contribution is 2.08. The molecule has 0 saturated carbocycles. The van der Waals surface area contributed by atoms with Crippen LogP contribution in [0.4, 0.5) is 5.82 Å². The molecule has 18 heavy (non-hydrogen) atoms. The fraction of sp³-hybridized carbons (Fsp3) is 0.400. The molecule has 0 aromatic carbocycles. The molecule has 1 aromatic rings. The van der Waals surface area contributed by atoms with Gasteiger partial charge in [0.15, 0.2) is 5.82 Å². The highest BCUT2D eigenvalue weighted by Gasteiger charge is 2.07. The van der Waals surface area contributed by atoms with Gasteiger partial charge in [0.05, 0.1) is 17.6 Å². The van der Waals surface area contributed by atoms with Crippen molar-refractivity contribution in [1.82, 2.24) is 10.5 Å². The summed E-state index contributed by atoms with van der Waals surface area (Å²) >= 11 is 1.15. The van der Waals surface area contributed by atoms with Gasteiger partial charge in [-0.2, -0.15) is 5.26 Å². The van der Waals surface area contributed by atoms with Crippen LogP contribution >= 0.6 is 11.8 Å². The molecule has 2 N–H and O–H groups in total. The van der Waals surface area contributed by atoms with Crippen molar-refractivity contribution in [2.75, 3.05) is 23.4 Å². The van der Waals surface area contributed by atoms with E-state index in [-0.39, 0.29) is 29.9 Å². The lowest BCUT2D eigenvalue weighted by molar-refractivity contribution is -0.118. The van der Waals surface area contributed by atoms with Crippen molar-refractivity contribution in [3.8, 4) is 6.07 Å². The summed E-state index contributed by atoms with van der Waals surface area (Å²) in [4.78, 5) is 22.5. The van der Waals surface area contributed by atoms with Crippen LogP contribution in [0.1, 0.15) is 5.76 Å². The van der Waals surface area contributed by atoms with Gasteiger partial charge >= 0.3 is 0 Å². The fourth-order valence-corrected chi connectivity index (χ4v) is 1.68. The molecule has 1 rings (SSSR count). The van der Waals surface area contributed by atoms with Gasteiger partial charge in [0.25, 0.3) is 0 Å². The molecular weight excluding hydrogens is 256 g/mol. The molecule has 0 bridgehead atoms. The molecular formula is C10H12N4O3S. The largest absolute Gasteiger partial charge is 0.360 e. The van der Waals surface area contributed by atoms with Gasteiger partial charge in [0, 0.05) is 6.07 Å². The van der Waals surface area contributed by atoms with Gasteiger partial charge in [0.2, 0.25) is 11.8 Å². The number of hydrogen-bond donors (Lipinski definition) is 2. The van der Waals surface area contributed by atoms with Gasteiger partial charge in [-0.05, 0) is 6.92 Å². The van der Waals surface area contributed by atoms with Crippen molar-refractivity contribution < 1.29 is 14.1 Å². The normalized spacial score (nSPS) is 9.56. The molecule has 0 spiro atoms. The summed E-state index contributed by atoms with van der Waals surface area (Å²) in [6, 6.07) is 3.39. The Morgan fingerprint density at radius 3 is 2.83 bits per heavy atom. The van der Waals surface area contributed by atoms with Crippen LogP contribution in [-0.2, 0) is 9.59 Å². The molecule has 7 nitrogen and oxygen atoms in total. The van der Waals surface area contributed by atoms with Gasteiger partial charge in [-0.1, -0.05) is 5.16 Å². The SMILES string of the molecule is Cc1cc(NC(=O)CSCC(=O)NCC#N)no1. The van der Waals surface area contributed by atoms with Crippen LogP contribution in [0.25, 0.3) is 0 Å². The number of aryl methyl sites for hydroxylation is 1. The zero-order chi connectivity index (χ0) is 13.4. The summed E-state index contributed by atoms with van der Waals surface area (Å²) in [6.07, 6.45) is 0. The Labute approximate surface area is 108 Å². The van der Waals surface area contributed by atoms with Crippen molar-refractivity contribution in [2.45, 2.75) is 6.92 Å². The number of amides is 2. The number of hydrogen-bond acceptors (Lipinski definition) is 6. The number of anilines is 1. The second-order valence-corrected chi connectivity index (χ2v) is 4.28. The van der Waals surface area contributed by atoms with Crippen molar-refractivity contribution in [3.63, 3.8) is 0 Å². The number of nitriles is 1. The van der Waals surface area contributed by atoms with Gasteiger partial charge in [0.1, 0.15) is 12.3 Å². The van der Waals surface area contributed by atoms with E-state index in [1.54, 1.807) is 19.1 Å². The maximum absolute atomic E-state index is 11.4. The van der Waals surface area contributed by atoms with Gasteiger partial charge < -0.3 is 15.2 Å². The summed E-state index contributed by atoms with van der Waals surface area (Å²) in [5.74, 6) is 0.688. The van der Waals surface area contributed by atoms with E-state index in [9.17, 15) is 9.59 Å². The smallest absolute Gasteiger partial charge is 0.235 e. The van der Waals surface area contributed by atoms with Crippen LogP contribution in [0.2, 0.25) is 0 Å². The predicted octanol–water partition coefficient (Wildman–Crippen LogP) is 0.294. The molecule has 0 unspecified atom stereocenters. The number of thioether (sulfide) groups is 1. The number of nitrogens with one attached hydrogen (secondary N) is 2. The van der Waals surface area contributed by atoms with Crippen molar-refractivity contribution >= 4 is 29.4 Å². The summed E-state index contributed by atoms with van der Waals surface area (Å²) in [6.45, 7) is 1.70. The highest BCUT2D eigenvalue weighted by atomic mass is 32.2. The maximum atomic E-state index is 11.4. The molecule has 2 amide bonds. The summed E-state index contributed by atoms with van der Waals surface area (Å²) in [7, 11) is 0. The quantitative estimate of drug-likeness (QED) is 0.718. The Morgan fingerprint density at radius 1 is 1.50 bits per heavy atom. The van der Waals surface area contributed by atoms with E-state index in [1.807, 2.05) is 0 Å². The molecule has 0 saturated heterocycles. The molecule has 0 fully saturated rings. The third-order valence-corrected chi connectivity index (χ3v) is 2.66. The van der Waals surface area contributed by atoms with Crippen LogP contribution in [0, 0.1) is 18.3 Å². The number of carbonyl (C=O) groups excluding carboxylic acids is 2. The molecule has 0 radical (unpaired) electrons. The zero-order valence-electron chi connectivity index (χ0n) is 9.73. The Morgan fingerprint density at radius 2 is 2.22 bits per heavy atom. The Kier molecular flexibility index (Phi) is 5.73. The Bertz CT molecular complexity index is 466. The van der Waals surface area contributed by atoms with E-state index in [2.05, 4.69) is 15.8 Å². The summed E-state index contributed by atoms with van der Waals surface area (Å²) in [5.41, 5.74) is 0. The number of aromatic nitrogens is 1. The first-order chi connectivity index (χ1) is 8.61. The molecule has 96 valence electrons. The predicted molar refractivity (Wildman–Crippen MR) is 65.8 cm³/mol. The number of rotatable bonds is 6. The molecule has 1 heterocycles. The van der Waals surface area contributed by atoms with Crippen molar-refractivity contribution in [3.05, 3.63) is 11.8 Å². The van der Waals surface area contributed by atoms with Gasteiger partial charge in [-0.3, -0.25) is 9.59 Å². The lowest BCUT2D eigenvalue weighted by Gasteiger charge is -2.01. The van der Waals surface area contributed by atoms with Crippen LogP contribution < -0.4 is 10.6 Å². The van der Waals surface area contributed by atoms with Crippen molar-refractivity contribution in [1.29, 1.82) is 5.26 Å². The van der Waals surface area contributed by atoms with Gasteiger partial charge in [-0.25, -0.2) is 0 Å². The maximum Gasteiger partial charge on any atom is 0.235 e. The second kappa shape index (κ2) is 7.34. The Hall–Kier alpha value is -2.01. The third-order valence-electron chi connectivity index (χ3n) is 1.73. The lowest BCUT2D eigenvalue weighted by atomic mass is 10.5. The molecule has 0 aliphatic carbocycles. The fourth-order valence-electron chi connectivity index (χ4n) is 1.03. The molecule has 0 aliphatic rings. The van der Waals surface area contributed by atoms with Crippen LogP contribution in [0.5, 0.6) is 0 Å². The second-order valence-electron chi connectivity index (χ2n) is 3.30. The number of nitrogens with zero attached hydrogens (tertiary/aromatic N) is 2. The molecule has 1 aromatic heterocycles. The minimum absolute atomic E-state index is 0.0240. The summed E-state index contributed by atoms with van der Waals surface area (Å²) < 4.78 is 4.79. The van der Waals surface area contributed by atoms with E-state index in [0.29, 0.717) is 11.6 Å². The lowest BCUT2D eigenvalue weighted by Crippen LogP contribution is -2.26. The molecule has 0 atom stereocenters. The topological polar surface area (TPSA) is 108 Å². The van der Waals surface area contributed by atoms with Crippen LogP contribution in [0.15, 0.2) is 10.6 Å². The first-order valence-corrected chi connectivity index (χ1v) is 6.22. The van der Waals surface area contributed by atoms with Crippen LogP contribution in [-0.4, -0.2) is 35.0 Å². The average molecular weight is 268 g/mol. The average Bonchev–Trinajstić information content (AvgIpc) is 2.72. The van der Waals surface area contributed by atoms with Gasteiger partial charge in [-0.15, -0.1) is 11.8 Å². The first kappa shape index (κ1) is 14.1. The number of carbonyl (C=O) groups is 2. The minimum atomic E-state index is -0.272. The molecule has 8 heteroatoms. The van der Waals surface area contributed by atoms with Crippen LogP contribution in [0.3, 0.4) is 0 Å². The van der Waals surface area contributed by atoms with E-state index in [1.165, 1.54) is 0 Å². The molecule has 0 aliphatic heterocycles. The third kappa shape index (κ3) is 5.36. The van der Waals surface area contributed by atoms with E-state index < -0.39 is 0 Å². The van der Waals surface area contributed by atoms with Crippen molar-refractivity contribution in [2.24, 2.45) is 0 Å². The minimum Gasteiger partial charge on any atom is -0.360 e. The highest BCUT2D eigenvalue weighted by molar-refractivity contribution is 8.00. The van der Waals surface area contributed by atoms with E-state index in [4.69, 9.17) is 9.78 Å². The van der Waals surface area contributed by atoms with E-state index >= 15 is 0 Å². The zero-order valence-corrected chi connectivity index (χ0v) is 10.5. The monoisotopic (exact) mass is 268 g/mol. The Balaban J connectivity index is 2.18. The van der Waals surface area contributed by atoms with E-state index in [0.717, 1.165) is 11.8 Å². The first-order valence-electron chi connectivity index (χ1n) is 5.06.